The van der Waals surface area contributed by atoms with Crippen LogP contribution in [-0.4, -0.2) is 68.4 Å². The molecule has 1 fully saturated rings. The normalized spacial score (nSPS) is 13.3. The number of benzene rings is 2. The van der Waals surface area contributed by atoms with Gasteiger partial charge in [-0.2, -0.15) is 0 Å². The summed E-state index contributed by atoms with van der Waals surface area (Å²) in [6.45, 7) is 3.85. The van der Waals surface area contributed by atoms with E-state index in [1.54, 1.807) is 35.1 Å². The zero-order valence-corrected chi connectivity index (χ0v) is 21.6. The molecule has 10 nitrogen and oxygen atoms in total. The molecule has 2 aromatic rings. The van der Waals surface area contributed by atoms with Crippen molar-refractivity contribution in [3.63, 3.8) is 0 Å². The Balaban J connectivity index is 1.74. The number of carbonyl (C=O) groups is 3. The lowest BCUT2D eigenvalue weighted by atomic mass is 10.1. The molecule has 0 aliphatic carbocycles. The van der Waals surface area contributed by atoms with Gasteiger partial charge < -0.3 is 29.5 Å². The smallest absolute Gasteiger partial charge is 0.405 e. The van der Waals surface area contributed by atoms with Crippen LogP contribution in [0.3, 0.4) is 0 Å². The van der Waals surface area contributed by atoms with Crippen LogP contribution in [0.25, 0.3) is 0 Å². The van der Waals surface area contributed by atoms with Gasteiger partial charge in [0.2, 0.25) is 0 Å². The van der Waals surface area contributed by atoms with E-state index in [1.807, 2.05) is 18.2 Å². The lowest BCUT2D eigenvalue weighted by Gasteiger charge is -2.36. The molecule has 10 heteroatoms. The van der Waals surface area contributed by atoms with E-state index in [0.717, 1.165) is 36.9 Å². The molecule has 0 aromatic heterocycles. The van der Waals surface area contributed by atoms with Gasteiger partial charge in [-0.05, 0) is 31.0 Å². The predicted octanol–water partition coefficient (Wildman–Crippen LogP) is 4.56. The Morgan fingerprint density at radius 1 is 1.00 bits per heavy atom. The van der Waals surface area contributed by atoms with Gasteiger partial charge in [0.15, 0.2) is 17.3 Å². The summed E-state index contributed by atoms with van der Waals surface area (Å²) in [7, 11) is 3.09. The molecule has 37 heavy (non-hydrogen) atoms. The first-order valence-electron chi connectivity index (χ1n) is 12.4. The van der Waals surface area contributed by atoms with Gasteiger partial charge in [-0.1, -0.05) is 31.9 Å². The zero-order valence-electron chi connectivity index (χ0n) is 21.6. The third-order valence-corrected chi connectivity index (χ3v) is 6.15. The van der Waals surface area contributed by atoms with Gasteiger partial charge in [-0.15, -0.1) is 0 Å². The minimum atomic E-state index is -1.27. The minimum Gasteiger partial charge on any atom is -0.496 e. The number of ether oxygens (including phenoxy) is 3. The van der Waals surface area contributed by atoms with Crippen molar-refractivity contribution >= 4 is 23.6 Å². The molecular formula is C27H35N3O7. The van der Waals surface area contributed by atoms with Crippen LogP contribution in [0.1, 0.15) is 48.5 Å². The van der Waals surface area contributed by atoms with E-state index in [1.165, 1.54) is 7.11 Å². The van der Waals surface area contributed by atoms with Crippen LogP contribution >= 0.6 is 0 Å². The molecule has 0 atom stereocenters. The fraction of sp³-hybridized carbons (Fsp3) is 0.444. The molecule has 0 saturated carbocycles. The number of carbonyl (C=O) groups excluding carboxylic acids is 2. The second kappa shape index (κ2) is 13.4. The van der Waals surface area contributed by atoms with Crippen LogP contribution in [0.15, 0.2) is 36.4 Å². The largest absolute Gasteiger partial charge is 0.496 e. The van der Waals surface area contributed by atoms with Crippen molar-refractivity contribution < 1.29 is 33.7 Å². The van der Waals surface area contributed by atoms with Gasteiger partial charge >= 0.3 is 12.1 Å². The van der Waals surface area contributed by atoms with Crippen molar-refractivity contribution in [2.45, 2.75) is 39.2 Å². The molecule has 1 aliphatic heterocycles. The number of anilines is 1. The average Bonchev–Trinajstić information content (AvgIpc) is 2.91. The Bertz CT molecular complexity index is 1110. The lowest BCUT2D eigenvalue weighted by molar-refractivity contribution is 0.0986. The molecule has 0 bridgehead atoms. The minimum absolute atomic E-state index is 0.138. The topological polar surface area (TPSA) is 118 Å². The summed E-state index contributed by atoms with van der Waals surface area (Å²) in [5.41, 5.74) is 1.81. The first-order chi connectivity index (χ1) is 17.9. The highest BCUT2D eigenvalue weighted by molar-refractivity contribution is 5.99. The zero-order chi connectivity index (χ0) is 26.8. The van der Waals surface area contributed by atoms with Crippen LogP contribution in [0.4, 0.5) is 15.3 Å². The SMILES string of the molecule is CCCCCOc1cc(N2CCCN(Cc3ccc(C(=O)CNC(=O)O)cc3OC)C2=O)ccc1OC. The fourth-order valence-electron chi connectivity index (χ4n) is 4.16. The summed E-state index contributed by atoms with van der Waals surface area (Å²) in [6, 6.07) is 10.3. The first-order valence-corrected chi connectivity index (χ1v) is 12.4. The molecule has 0 radical (unpaired) electrons. The number of ketones is 1. The van der Waals surface area contributed by atoms with Gasteiger partial charge in [0.1, 0.15) is 5.75 Å². The van der Waals surface area contributed by atoms with Crippen molar-refractivity contribution in [1.82, 2.24) is 10.2 Å². The van der Waals surface area contributed by atoms with Gasteiger partial charge in [0.05, 0.1) is 33.9 Å². The number of methoxy groups -OCH3 is 2. The Kier molecular flexibility index (Phi) is 10.00. The number of nitrogens with one attached hydrogen (secondary N) is 1. The highest BCUT2D eigenvalue weighted by atomic mass is 16.5. The number of urea groups is 1. The van der Waals surface area contributed by atoms with Crippen molar-refractivity contribution in [2.24, 2.45) is 0 Å². The maximum absolute atomic E-state index is 13.4. The summed E-state index contributed by atoms with van der Waals surface area (Å²) >= 11 is 0. The Morgan fingerprint density at radius 3 is 2.49 bits per heavy atom. The Hall–Kier alpha value is -3.95. The lowest BCUT2D eigenvalue weighted by Crippen LogP contribution is -2.49. The molecule has 200 valence electrons. The third-order valence-electron chi connectivity index (χ3n) is 6.15. The third kappa shape index (κ3) is 7.28. The number of unbranched alkanes of at least 4 members (excludes halogenated alkanes) is 2. The monoisotopic (exact) mass is 513 g/mol. The van der Waals surface area contributed by atoms with Crippen molar-refractivity contribution in [1.29, 1.82) is 0 Å². The molecule has 1 saturated heterocycles. The molecule has 1 aliphatic rings. The molecular weight excluding hydrogens is 478 g/mol. The number of nitrogens with zero attached hydrogens (tertiary/aromatic N) is 2. The summed E-state index contributed by atoms with van der Waals surface area (Å²) in [5.74, 6) is 1.32. The van der Waals surface area contributed by atoms with Crippen molar-refractivity contribution in [3.8, 4) is 17.2 Å². The van der Waals surface area contributed by atoms with E-state index in [2.05, 4.69) is 12.2 Å². The number of carboxylic acid groups (broad SMARTS) is 1. The number of rotatable bonds is 13. The average molecular weight is 514 g/mol. The molecule has 2 aromatic carbocycles. The summed E-state index contributed by atoms with van der Waals surface area (Å²) in [5, 5.41) is 10.8. The maximum Gasteiger partial charge on any atom is 0.405 e. The number of Topliss-reactive ketones (excluding diaryl/α,β-unsaturated/α-hetero) is 1. The molecule has 3 rings (SSSR count). The second-order valence-electron chi connectivity index (χ2n) is 8.71. The van der Waals surface area contributed by atoms with E-state index in [9.17, 15) is 14.4 Å². The summed E-state index contributed by atoms with van der Waals surface area (Å²) in [4.78, 5) is 39.8. The number of hydrogen-bond acceptors (Lipinski definition) is 6. The van der Waals surface area contributed by atoms with Crippen LogP contribution in [0, 0.1) is 0 Å². The quantitative estimate of drug-likeness (QED) is 0.298. The van der Waals surface area contributed by atoms with Crippen LogP contribution < -0.4 is 24.4 Å². The van der Waals surface area contributed by atoms with Crippen molar-refractivity contribution in [3.05, 3.63) is 47.5 Å². The van der Waals surface area contributed by atoms with E-state index in [0.29, 0.717) is 49.1 Å². The molecule has 1 heterocycles. The van der Waals surface area contributed by atoms with E-state index in [4.69, 9.17) is 19.3 Å². The molecule has 3 amide bonds. The van der Waals surface area contributed by atoms with Gasteiger partial charge in [0, 0.05) is 36.0 Å². The predicted molar refractivity (Wildman–Crippen MR) is 139 cm³/mol. The highest BCUT2D eigenvalue weighted by Crippen LogP contribution is 2.34. The maximum atomic E-state index is 13.4. The highest BCUT2D eigenvalue weighted by Gasteiger charge is 2.28. The van der Waals surface area contributed by atoms with Crippen LogP contribution in [0.5, 0.6) is 17.2 Å². The Labute approximate surface area is 217 Å². The Morgan fingerprint density at radius 2 is 1.78 bits per heavy atom. The second-order valence-corrected chi connectivity index (χ2v) is 8.71. The molecule has 2 N–H and O–H groups in total. The molecule has 0 unspecified atom stereocenters. The molecule has 0 spiro atoms. The van der Waals surface area contributed by atoms with E-state index >= 15 is 0 Å². The van der Waals surface area contributed by atoms with Gasteiger partial charge in [0.25, 0.3) is 0 Å². The van der Waals surface area contributed by atoms with Crippen molar-refractivity contribution in [2.75, 3.05) is 45.4 Å². The fourth-order valence-corrected chi connectivity index (χ4v) is 4.16. The van der Waals surface area contributed by atoms with Gasteiger partial charge in [-0.3, -0.25) is 9.69 Å². The standard InChI is InChI=1S/C27H35N3O7/c1-4-5-6-14-37-25-16-21(10-11-23(25)35-2)30-13-7-12-29(27(30)34)18-20-9-8-19(15-24(20)36-3)22(31)17-28-26(32)33/h8-11,15-16,28H,4-7,12-14,17-18H2,1-3H3,(H,32,33). The number of hydrogen-bond donors (Lipinski definition) is 2. The summed E-state index contributed by atoms with van der Waals surface area (Å²) < 4.78 is 16.9. The first kappa shape index (κ1) is 27.6. The van der Waals surface area contributed by atoms with E-state index in [-0.39, 0.29) is 18.4 Å². The van der Waals surface area contributed by atoms with Crippen LogP contribution in [-0.2, 0) is 6.54 Å². The van der Waals surface area contributed by atoms with Crippen LogP contribution in [0.2, 0.25) is 0 Å². The summed E-state index contributed by atoms with van der Waals surface area (Å²) in [6.07, 6.45) is 2.65. The van der Waals surface area contributed by atoms with Gasteiger partial charge in [-0.25, -0.2) is 9.59 Å². The van der Waals surface area contributed by atoms with E-state index < -0.39 is 6.09 Å². The number of amides is 3.